The third-order valence-electron chi connectivity index (χ3n) is 4.92. The van der Waals surface area contributed by atoms with Gasteiger partial charge < -0.3 is 10.2 Å². The van der Waals surface area contributed by atoms with Gasteiger partial charge in [0.2, 0.25) is 0 Å². The van der Waals surface area contributed by atoms with Crippen molar-refractivity contribution >= 4 is 17.4 Å². The van der Waals surface area contributed by atoms with E-state index in [2.05, 4.69) is 53.3 Å². The lowest BCUT2D eigenvalue weighted by Crippen LogP contribution is -3.15. The van der Waals surface area contributed by atoms with Gasteiger partial charge in [-0.2, -0.15) is 0 Å². The number of anilines is 2. The van der Waals surface area contributed by atoms with Gasteiger partial charge in [0.15, 0.2) is 6.54 Å². The Morgan fingerprint density at radius 1 is 1.20 bits per heavy atom. The summed E-state index contributed by atoms with van der Waals surface area (Å²) in [5.41, 5.74) is 3.33. The molecule has 5 heteroatoms. The van der Waals surface area contributed by atoms with E-state index in [1.807, 2.05) is 18.3 Å². The van der Waals surface area contributed by atoms with E-state index in [4.69, 9.17) is 0 Å². The number of nitrogens with zero attached hydrogens (tertiary/aromatic N) is 1. The average Bonchev–Trinajstić information content (AvgIpc) is 2.65. The number of carbonyl (C=O) groups is 1. The standard InChI is InChI=1S/C20H26N4O/c1-3-17-8-6-7-16(2)20(17)22-19(25)15-23-11-13-24(14-12-23)18-9-4-5-10-21-18/h4-10H,3,11-15H2,1-2H3,(H,22,25)/p+2. The van der Waals surface area contributed by atoms with E-state index < -0.39 is 0 Å². The van der Waals surface area contributed by atoms with Gasteiger partial charge in [-0.05, 0) is 30.5 Å². The van der Waals surface area contributed by atoms with Gasteiger partial charge in [-0.3, -0.25) is 9.69 Å². The summed E-state index contributed by atoms with van der Waals surface area (Å²) in [7, 11) is 0. The number of nitrogens with one attached hydrogen (secondary N) is 3. The maximum absolute atomic E-state index is 12.5. The Morgan fingerprint density at radius 3 is 2.68 bits per heavy atom. The van der Waals surface area contributed by atoms with Crippen LogP contribution in [0.15, 0.2) is 42.6 Å². The lowest BCUT2D eigenvalue weighted by molar-refractivity contribution is -0.892. The van der Waals surface area contributed by atoms with Crippen molar-refractivity contribution in [3.63, 3.8) is 0 Å². The van der Waals surface area contributed by atoms with Crippen LogP contribution in [0, 0.1) is 6.92 Å². The fourth-order valence-electron chi connectivity index (χ4n) is 3.43. The first-order chi connectivity index (χ1) is 12.2. The van der Waals surface area contributed by atoms with Crippen molar-refractivity contribution in [1.29, 1.82) is 0 Å². The summed E-state index contributed by atoms with van der Waals surface area (Å²) in [4.78, 5) is 19.5. The number of aryl methyl sites for hydroxylation is 2. The van der Waals surface area contributed by atoms with Crippen LogP contribution in [0.1, 0.15) is 18.1 Å². The Bertz CT molecular complexity index is 709. The number of aromatic nitrogens is 1. The van der Waals surface area contributed by atoms with E-state index in [0.29, 0.717) is 6.54 Å². The molecule has 1 aliphatic heterocycles. The minimum absolute atomic E-state index is 0.110. The van der Waals surface area contributed by atoms with Gasteiger partial charge in [-0.1, -0.05) is 31.2 Å². The van der Waals surface area contributed by atoms with Crippen LogP contribution in [0.25, 0.3) is 0 Å². The van der Waals surface area contributed by atoms with E-state index in [0.717, 1.165) is 49.7 Å². The first-order valence-corrected chi connectivity index (χ1v) is 9.11. The second-order valence-corrected chi connectivity index (χ2v) is 6.67. The molecule has 25 heavy (non-hydrogen) atoms. The highest BCUT2D eigenvalue weighted by Gasteiger charge is 2.27. The maximum Gasteiger partial charge on any atom is 0.279 e. The van der Waals surface area contributed by atoms with E-state index in [1.165, 1.54) is 10.5 Å². The normalized spacial score (nSPS) is 15.2. The lowest BCUT2D eigenvalue weighted by atomic mass is 10.1. The molecular formula is C20H28N4O+2. The second kappa shape index (κ2) is 8.12. The van der Waals surface area contributed by atoms with Crippen LogP contribution in [-0.2, 0) is 11.2 Å². The zero-order valence-corrected chi connectivity index (χ0v) is 15.1. The smallest absolute Gasteiger partial charge is 0.279 e. The van der Waals surface area contributed by atoms with Crippen molar-refractivity contribution in [2.75, 3.05) is 42.9 Å². The van der Waals surface area contributed by atoms with Crippen molar-refractivity contribution in [2.24, 2.45) is 0 Å². The van der Waals surface area contributed by atoms with Gasteiger partial charge in [0.25, 0.3) is 11.7 Å². The van der Waals surface area contributed by atoms with Crippen LogP contribution in [0.5, 0.6) is 0 Å². The van der Waals surface area contributed by atoms with Gasteiger partial charge in [0.05, 0.1) is 6.20 Å². The number of amides is 1. The third kappa shape index (κ3) is 4.37. The zero-order chi connectivity index (χ0) is 17.6. The van der Waals surface area contributed by atoms with E-state index >= 15 is 0 Å². The van der Waals surface area contributed by atoms with Crippen molar-refractivity contribution in [3.05, 3.63) is 53.7 Å². The Labute approximate surface area is 149 Å². The minimum Gasteiger partial charge on any atom is -0.321 e. The monoisotopic (exact) mass is 340 g/mol. The fourth-order valence-corrected chi connectivity index (χ4v) is 3.43. The number of H-pyrrole nitrogens is 1. The molecule has 0 spiro atoms. The third-order valence-corrected chi connectivity index (χ3v) is 4.92. The molecule has 1 aromatic heterocycles. The number of hydrogen-bond donors (Lipinski definition) is 2. The molecule has 0 radical (unpaired) electrons. The number of rotatable bonds is 5. The molecule has 1 amide bonds. The summed E-state index contributed by atoms with van der Waals surface area (Å²) in [6, 6.07) is 12.3. The molecule has 0 aliphatic carbocycles. The molecule has 132 valence electrons. The predicted octanol–water partition coefficient (Wildman–Crippen LogP) is 0.715. The highest BCUT2D eigenvalue weighted by atomic mass is 16.2. The molecule has 0 bridgehead atoms. The summed E-state index contributed by atoms with van der Waals surface area (Å²) < 4.78 is 0. The van der Waals surface area contributed by atoms with Crippen LogP contribution in [0.3, 0.4) is 0 Å². The summed E-state index contributed by atoms with van der Waals surface area (Å²) in [6.07, 6.45) is 2.88. The van der Waals surface area contributed by atoms with E-state index in [-0.39, 0.29) is 5.91 Å². The number of para-hydroxylation sites is 1. The first-order valence-electron chi connectivity index (χ1n) is 9.11. The Balaban J connectivity index is 1.53. The first kappa shape index (κ1) is 17.4. The molecule has 2 aromatic rings. The van der Waals surface area contributed by atoms with Crippen LogP contribution in [-0.4, -0.2) is 38.6 Å². The Kier molecular flexibility index (Phi) is 5.66. The number of quaternary nitrogens is 1. The number of benzene rings is 1. The van der Waals surface area contributed by atoms with Gasteiger partial charge in [-0.25, -0.2) is 4.98 Å². The van der Waals surface area contributed by atoms with Crippen molar-refractivity contribution < 1.29 is 14.7 Å². The zero-order valence-electron chi connectivity index (χ0n) is 15.1. The summed E-state index contributed by atoms with van der Waals surface area (Å²) in [6.45, 7) is 8.59. The quantitative estimate of drug-likeness (QED) is 0.843. The summed E-state index contributed by atoms with van der Waals surface area (Å²) >= 11 is 0. The number of aromatic amines is 1. The van der Waals surface area contributed by atoms with Crippen molar-refractivity contribution in [1.82, 2.24) is 0 Å². The predicted molar refractivity (Wildman–Crippen MR) is 100.0 cm³/mol. The SMILES string of the molecule is CCc1cccc(C)c1NC(=O)C[NH+]1CCN(c2cccc[nH+]2)CC1. The van der Waals surface area contributed by atoms with Gasteiger partial charge >= 0.3 is 0 Å². The molecule has 1 aromatic carbocycles. The van der Waals surface area contributed by atoms with E-state index in [1.54, 1.807) is 0 Å². The second-order valence-electron chi connectivity index (χ2n) is 6.67. The van der Waals surface area contributed by atoms with Crippen molar-refractivity contribution in [3.8, 4) is 0 Å². The van der Waals surface area contributed by atoms with Crippen LogP contribution >= 0.6 is 0 Å². The maximum atomic E-state index is 12.5. The van der Waals surface area contributed by atoms with Crippen LogP contribution in [0.4, 0.5) is 11.5 Å². The molecule has 0 unspecified atom stereocenters. The largest absolute Gasteiger partial charge is 0.321 e. The number of pyridine rings is 1. The van der Waals surface area contributed by atoms with Crippen LogP contribution < -0.4 is 20.1 Å². The summed E-state index contributed by atoms with van der Waals surface area (Å²) in [5.74, 6) is 1.26. The molecule has 1 saturated heterocycles. The van der Waals surface area contributed by atoms with Gasteiger partial charge in [0.1, 0.15) is 26.2 Å². The minimum atomic E-state index is 0.110. The lowest BCUT2D eigenvalue weighted by Gasteiger charge is -2.28. The molecule has 1 fully saturated rings. The fraction of sp³-hybridized carbons (Fsp3) is 0.400. The van der Waals surface area contributed by atoms with Gasteiger partial charge in [-0.15, -0.1) is 0 Å². The van der Waals surface area contributed by atoms with Crippen molar-refractivity contribution in [2.45, 2.75) is 20.3 Å². The van der Waals surface area contributed by atoms with Gasteiger partial charge in [0, 0.05) is 11.8 Å². The number of carbonyl (C=O) groups excluding carboxylic acids is 1. The number of piperazine rings is 1. The topological polar surface area (TPSA) is 50.9 Å². The molecule has 5 nitrogen and oxygen atoms in total. The molecule has 1 aliphatic rings. The molecule has 0 saturated carbocycles. The Hall–Kier alpha value is -2.40. The molecule has 3 rings (SSSR count). The molecule has 2 heterocycles. The molecule has 3 N–H and O–H groups in total. The average molecular weight is 340 g/mol. The van der Waals surface area contributed by atoms with E-state index in [9.17, 15) is 4.79 Å². The molecular weight excluding hydrogens is 312 g/mol. The molecule has 0 atom stereocenters. The summed E-state index contributed by atoms with van der Waals surface area (Å²) in [5, 5.41) is 3.14. The number of hydrogen-bond acceptors (Lipinski definition) is 2. The van der Waals surface area contributed by atoms with Crippen LogP contribution in [0.2, 0.25) is 0 Å². The Morgan fingerprint density at radius 2 is 2.00 bits per heavy atom. The highest BCUT2D eigenvalue weighted by Crippen LogP contribution is 2.20. The highest BCUT2D eigenvalue weighted by molar-refractivity contribution is 5.93.